The fourth-order valence-electron chi connectivity index (χ4n) is 2.97. The van der Waals surface area contributed by atoms with Gasteiger partial charge in [0, 0.05) is 17.4 Å². The number of hydrogen-bond donors (Lipinski definition) is 1. The largest absolute Gasteiger partial charge is 0.497 e. The highest BCUT2D eigenvalue weighted by atomic mass is 32.1. The van der Waals surface area contributed by atoms with Gasteiger partial charge in [0.15, 0.2) is 0 Å². The van der Waals surface area contributed by atoms with E-state index in [9.17, 15) is 9.59 Å². The molecule has 6 nitrogen and oxygen atoms in total. The van der Waals surface area contributed by atoms with Crippen LogP contribution < -0.4 is 14.8 Å². The molecule has 0 aliphatic heterocycles. The molecule has 1 aromatic heterocycles. The first-order valence-corrected chi connectivity index (χ1v) is 10.9. The SMILES string of the molecule is CCOC(=O)c1c(-c2ccccc2)csc1NC(=O)CCCOc1ccc(OC)cc1. The second-order valence-electron chi connectivity index (χ2n) is 6.62. The van der Waals surface area contributed by atoms with Crippen LogP contribution in [0.4, 0.5) is 5.00 Å². The average Bonchev–Trinajstić information content (AvgIpc) is 3.21. The van der Waals surface area contributed by atoms with Crippen molar-refractivity contribution in [2.24, 2.45) is 0 Å². The maximum Gasteiger partial charge on any atom is 0.341 e. The average molecular weight is 440 g/mol. The number of nitrogens with one attached hydrogen (secondary N) is 1. The molecule has 0 aliphatic rings. The van der Waals surface area contributed by atoms with Gasteiger partial charge in [-0.15, -0.1) is 11.3 Å². The number of methoxy groups -OCH3 is 1. The Morgan fingerprint density at radius 1 is 1.00 bits per heavy atom. The van der Waals surface area contributed by atoms with Crippen molar-refractivity contribution < 1.29 is 23.8 Å². The van der Waals surface area contributed by atoms with Crippen LogP contribution in [0.2, 0.25) is 0 Å². The number of amides is 1. The van der Waals surface area contributed by atoms with Crippen molar-refractivity contribution in [1.29, 1.82) is 0 Å². The number of rotatable bonds is 10. The summed E-state index contributed by atoms with van der Waals surface area (Å²) >= 11 is 1.32. The first-order chi connectivity index (χ1) is 15.1. The molecule has 0 aliphatic carbocycles. The Morgan fingerprint density at radius 3 is 2.39 bits per heavy atom. The molecule has 0 radical (unpaired) electrons. The molecule has 1 N–H and O–H groups in total. The number of thiophene rings is 1. The number of ether oxygens (including phenoxy) is 3. The molecule has 0 unspecified atom stereocenters. The second-order valence-corrected chi connectivity index (χ2v) is 7.50. The normalized spacial score (nSPS) is 10.4. The van der Waals surface area contributed by atoms with E-state index in [-0.39, 0.29) is 18.9 Å². The molecule has 0 bridgehead atoms. The zero-order valence-electron chi connectivity index (χ0n) is 17.6. The lowest BCUT2D eigenvalue weighted by molar-refractivity contribution is -0.116. The highest BCUT2D eigenvalue weighted by molar-refractivity contribution is 7.15. The Kier molecular flexibility index (Phi) is 8.06. The molecule has 3 rings (SSSR count). The van der Waals surface area contributed by atoms with Crippen LogP contribution in [0, 0.1) is 0 Å². The number of esters is 1. The van der Waals surface area contributed by atoms with E-state index in [0.29, 0.717) is 23.6 Å². The summed E-state index contributed by atoms with van der Waals surface area (Å²) in [6, 6.07) is 16.9. The van der Waals surface area contributed by atoms with Crippen LogP contribution in [-0.4, -0.2) is 32.2 Å². The minimum absolute atomic E-state index is 0.176. The summed E-state index contributed by atoms with van der Waals surface area (Å²) in [5, 5.41) is 5.22. The number of carbonyl (C=O) groups is 2. The zero-order chi connectivity index (χ0) is 22.1. The minimum Gasteiger partial charge on any atom is -0.497 e. The van der Waals surface area contributed by atoms with Gasteiger partial charge >= 0.3 is 5.97 Å². The molecular formula is C24H25NO5S. The monoisotopic (exact) mass is 439 g/mol. The standard InChI is InChI=1S/C24H25NO5S/c1-3-29-24(27)22-20(17-8-5-4-6-9-17)16-31-23(22)25-21(26)10-7-15-30-19-13-11-18(28-2)12-14-19/h4-6,8-9,11-14,16H,3,7,10,15H2,1-2H3,(H,25,26). The van der Waals surface area contributed by atoms with Crippen LogP contribution in [-0.2, 0) is 9.53 Å². The van der Waals surface area contributed by atoms with Gasteiger partial charge in [-0.05, 0) is 43.2 Å². The van der Waals surface area contributed by atoms with E-state index in [4.69, 9.17) is 14.2 Å². The van der Waals surface area contributed by atoms with Crippen LogP contribution in [0.15, 0.2) is 60.0 Å². The predicted octanol–water partition coefficient (Wildman–Crippen LogP) is 5.40. The lowest BCUT2D eigenvalue weighted by Gasteiger charge is -2.09. The molecule has 1 heterocycles. The smallest absolute Gasteiger partial charge is 0.341 e. The van der Waals surface area contributed by atoms with Gasteiger partial charge in [-0.1, -0.05) is 30.3 Å². The molecule has 7 heteroatoms. The van der Waals surface area contributed by atoms with Gasteiger partial charge in [-0.3, -0.25) is 4.79 Å². The van der Waals surface area contributed by atoms with E-state index in [1.54, 1.807) is 14.0 Å². The van der Waals surface area contributed by atoms with E-state index < -0.39 is 5.97 Å². The molecule has 0 spiro atoms. The van der Waals surface area contributed by atoms with Crippen molar-refractivity contribution in [1.82, 2.24) is 0 Å². The van der Waals surface area contributed by atoms with Gasteiger partial charge < -0.3 is 19.5 Å². The molecule has 0 fully saturated rings. The number of benzene rings is 2. The maximum atomic E-state index is 12.6. The van der Waals surface area contributed by atoms with Gasteiger partial charge in [-0.25, -0.2) is 4.79 Å². The fraction of sp³-hybridized carbons (Fsp3) is 0.250. The maximum absolute atomic E-state index is 12.6. The van der Waals surface area contributed by atoms with Crippen molar-refractivity contribution in [2.45, 2.75) is 19.8 Å². The van der Waals surface area contributed by atoms with E-state index >= 15 is 0 Å². The van der Waals surface area contributed by atoms with Crippen molar-refractivity contribution in [2.75, 3.05) is 25.6 Å². The first-order valence-electron chi connectivity index (χ1n) is 10.0. The van der Waals surface area contributed by atoms with E-state index in [0.717, 1.165) is 22.6 Å². The Morgan fingerprint density at radius 2 is 1.71 bits per heavy atom. The molecule has 0 saturated carbocycles. The van der Waals surface area contributed by atoms with Crippen molar-refractivity contribution in [3.63, 3.8) is 0 Å². The van der Waals surface area contributed by atoms with Gasteiger partial charge in [0.1, 0.15) is 22.1 Å². The third kappa shape index (κ3) is 6.08. The summed E-state index contributed by atoms with van der Waals surface area (Å²) < 4.78 is 16.0. The second kappa shape index (κ2) is 11.2. The van der Waals surface area contributed by atoms with Crippen molar-refractivity contribution >= 4 is 28.2 Å². The van der Waals surface area contributed by atoms with Gasteiger partial charge in [-0.2, -0.15) is 0 Å². The Hall–Kier alpha value is -3.32. The van der Waals surface area contributed by atoms with Gasteiger partial charge in [0.2, 0.25) is 5.91 Å². The third-order valence-electron chi connectivity index (χ3n) is 4.48. The third-order valence-corrected chi connectivity index (χ3v) is 5.38. The first kappa shape index (κ1) is 22.4. The van der Waals surface area contributed by atoms with Crippen LogP contribution in [0.1, 0.15) is 30.1 Å². The van der Waals surface area contributed by atoms with Crippen LogP contribution in [0.3, 0.4) is 0 Å². The fourth-order valence-corrected chi connectivity index (χ4v) is 3.94. The molecule has 1 amide bonds. The highest BCUT2D eigenvalue weighted by Gasteiger charge is 2.22. The molecular weight excluding hydrogens is 414 g/mol. The molecule has 3 aromatic rings. The minimum atomic E-state index is -0.444. The van der Waals surface area contributed by atoms with Gasteiger partial charge in [0.25, 0.3) is 0 Å². The van der Waals surface area contributed by atoms with E-state index in [1.807, 2.05) is 60.0 Å². The van der Waals surface area contributed by atoms with Crippen LogP contribution in [0.25, 0.3) is 11.1 Å². The summed E-state index contributed by atoms with van der Waals surface area (Å²) in [5.41, 5.74) is 2.04. The molecule has 0 saturated heterocycles. The van der Waals surface area contributed by atoms with E-state index in [1.165, 1.54) is 11.3 Å². The number of hydrogen-bond acceptors (Lipinski definition) is 6. The quantitative estimate of drug-likeness (QED) is 0.338. The molecule has 0 atom stereocenters. The number of carbonyl (C=O) groups excluding carboxylic acids is 2. The van der Waals surface area contributed by atoms with E-state index in [2.05, 4.69) is 5.32 Å². The topological polar surface area (TPSA) is 73.9 Å². The van der Waals surface area contributed by atoms with Crippen LogP contribution >= 0.6 is 11.3 Å². The summed E-state index contributed by atoms with van der Waals surface area (Å²) in [5.74, 6) is 0.859. The zero-order valence-corrected chi connectivity index (χ0v) is 18.4. The number of anilines is 1. The molecule has 31 heavy (non-hydrogen) atoms. The Bertz CT molecular complexity index is 999. The lowest BCUT2D eigenvalue weighted by atomic mass is 10.0. The van der Waals surface area contributed by atoms with Crippen molar-refractivity contribution in [3.05, 3.63) is 65.5 Å². The Labute approximate surface area is 185 Å². The van der Waals surface area contributed by atoms with Crippen LogP contribution in [0.5, 0.6) is 11.5 Å². The lowest BCUT2D eigenvalue weighted by Crippen LogP contribution is -2.15. The molecule has 2 aromatic carbocycles. The van der Waals surface area contributed by atoms with Gasteiger partial charge in [0.05, 0.1) is 20.3 Å². The summed E-state index contributed by atoms with van der Waals surface area (Å²) in [6.45, 7) is 2.43. The Balaban J connectivity index is 1.59. The summed E-state index contributed by atoms with van der Waals surface area (Å²) in [4.78, 5) is 25.0. The summed E-state index contributed by atoms with van der Waals surface area (Å²) in [7, 11) is 1.61. The highest BCUT2D eigenvalue weighted by Crippen LogP contribution is 2.36. The van der Waals surface area contributed by atoms with Crippen molar-refractivity contribution in [3.8, 4) is 22.6 Å². The predicted molar refractivity (Wildman–Crippen MR) is 122 cm³/mol. The molecule has 162 valence electrons. The summed E-state index contributed by atoms with van der Waals surface area (Å²) in [6.07, 6.45) is 0.820.